The Kier molecular flexibility index (Phi) is 5.36. The third-order valence-electron chi connectivity index (χ3n) is 4.46. The van der Waals surface area contributed by atoms with Gasteiger partial charge in [-0.1, -0.05) is 18.2 Å². The van der Waals surface area contributed by atoms with Gasteiger partial charge in [0.15, 0.2) is 0 Å². The van der Waals surface area contributed by atoms with Gasteiger partial charge in [0.1, 0.15) is 24.1 Å². The Morgan fingerprint density at radius 3 is 2.72 bits per heavy atom. The smallest absolute Gasteiger partial charge is 0.270 e. The normalized spacial score (nSPS) is 15.0. The molecule has 0 radical (unpaired) electrons. The van der Waals surface area contributed by atoms with E-state index < -0.39 is 0 Å². The highest BCUT2D eigenvalue weighted by molar-refractivity contribution is 5.93. The van der Waals surface area contributed by atoms with Crippen LogP contribution in [0, 0.1) is 18.3 Å². The molecule has 0 saturated carbocycles. The van der Waals surface area contributed by atoms with E-state index in [4.69, 9.17) is 10.00 Å². The van der Waals surface area contributed by atoms with Gasteiger partial charge in [-0.15, -0.1) is 0 Å². The predicted molar refractivity (Wildman–Crippen MR) is 94.5 cm³/mol. The van der Waals surface area contributed by atoms with E-state index in [0.29, 0.717) is 31.0 Å². The van der Waals surface area contributed by atoms with Gasteiger partial charge >= 0.3 is 0 Å². The fourth-order valence-electron chi connectivity index (χ4n) is 2.93. The summed E-state index contributed by atoms with van der Waals surface area (Å²) >= 11 is 0. The second kappa shape index (κ2) is 7.86. The molecule has 0 aliphatic carbocycles. The monoisotopic (exact) mass is 338 g/mol. The minimum absolute atomic E-state index is 0.0442. The number of aryl methyl sites for hydroxylation is 1. The standard InChI is InChI=1S/C19H22N4O2/c1-15-4-2-3-5-18(15)25-11-10-22-6-8-23(9-7-22)19(24)17-12-16(13-20)14-21-17/h2-5,12,14,21H,6-11H2,1H3. The lowest BCUT2D eigenvalue weighted by Gasteiger charge is -2.34. The van der Waals surface area contributed by atoms with Gasteiger partial charge in [-0.05, 0) is 24.6 Å². The molecule has 1 N–H and O–H groups in total. The van der Waals surface area contributed by atoms with Crippen molar-refractivity contribution >= 4 is 5.91 Å². The highest BCUT2D eigenvalue weighted by atomic mass is 16.5. The molecule has 1 aliphatic heterocycles. The van der Waals surface area contributed by atoms with Gasteiger partial charge in [-0.25, -0.2) is 0 Å². The third-order valence-corrected chi connectivity index (χ3v) is 4.46. The number of rotatable bonds is 5. The topological polar surface area (TPSA) is 72.4 Å². The number of nitrogens with one attached hydrogen (secondary N) is 1. The van der Waals surface area contributed by atoms with Gasteiger partial charge in [0.2, 0.25) is 0 Å². The molecule has 3 rings (SSSR count). The minimum Gasteiger partial charge on any atom is -0.492 e. The Bertz CT molecular complexity index is 770. The first kappa shape index (κ1) is 17.1. The van der Waals surface area contributed by atoms with E-state index in [1.54, 1.807) is 12.3 Å². The van der Waals surface area contributed by atoms with Crippen LogP contribution in [0.2, 0.25) is 0 Å². The number of hydrogen-bond acceptors (Lipinski definition) is 4. The number of carbonyl (C=O) groups excluding carboxylic acids is 1. The zero-order valence-electron chi connectivity index (χ0n) is 14.4. The summed E-state index contributed by atoms with van der Waals surface area (Å²) in [7, 11) is 0. The molecule has 6 nitrogen and oxygen atoms in total. The molecule has 1 saturated heterocycles. The average molecular weight is 338 g/mol. The lowest BCUT2D eigenvalue weighted by molar-refractivity contribution is 0.0615. The summed E-state index contributed by atoms with van der Waals surface area (Å²) in [5.41, 5.74) is 2.10. The quantitative estimate of drug-likeness (QED) is 0.905. The van der Waals surface area contributed by atoms with Crippen molar-refractivity contribution in [1.29, 1.82) is 5.26 Å². The molecule has 2 heterocycles. The van der Waals surface area contributed by atoms with Crippen molar-refractivity contribution in [1.82, 2.24) is 14.8 Å². The molecule has 25 heavy (non-hydrogen) atoms. The van der Waals surface area contributed by atoms with Crippen molar-refractivity contribution in [3.05, 3.63) is 53.3 Å². The van der Waals surface area contributed by atoms with Crippen LogP contribution in [0.25, 0.3) is 0 Å². The van der Waals surface area contributed by atoms with Crippen molar-refractivity contribution in [3.63, 3.8) is 0 Å². The summed E-state index contributed by atoms with van der Waals surface area (Å²) in [5.74, 6) is 0.883. The van der Waals surface area contributed by atoms with E-state index in [0.717, 1.165) is 30.9 Å². The van der Waals surface area contributed by atoms with Gasteiger partial charge in [0.25, 0.3) is 5.91 Å². The molecular weight excluding hydrogens is 316 g/mol. The largest absolute Gasteiger partial charge is 0.492 e. The number of benzene rings is 1. The minimum atomic E-state index is -0.0442. The van der Waals surface area contributed by atoms with Crippen LogP contribution in [0.5, 0.6) is 5.75 Å². The second-order valence-electron chi connectivity index (χ2n) is 6.16. The maximum atomic E-state index is 12.4. The number of nitrogens with zero attached hydrogens (tertiary/aromatic N) is 3. The number of amides is 1. The summed E-state index contributed by atoms with van der Waals surface area (Å²) in [6, 6.07) is 11.6. The molecule has 2 aromatic rings. The van der Waals surface area contributed by atoms with Crippen LogP contribution in [0.3, 0.4) is 0 Å². The fourth-order valence-corrected chi connectivity index (χ4v) is 2.93. The zero-order valence-corrected chi connectivity index (χ0v) is 14.4. The Labute approximate surface area is 147 Å². The highest BCUT2D eigenvalue weighted by Crippen LogP contribution is 2.16. The second-order valence-corrected chi connectivity index (χ2v) is 6.16. The molecule has 0 unspecified atom stereocenters. The van der Waals surface area contributed by atoms with Gasteiger partial charge in [0, 0.05) is 38.9 Å². The number of aromatic amines is 1. The van der Waals surface area contributed by atoms with E-state index in [2.05, 4.69) is 9.88 Å². The van der Waals surface area contributed by atoms with Crippen molar-refractivity contribution in [2.24, 2.45) is 0 Å². The van der Waals surface area contributed by atoms with Crippen molar-refractivity contribution in [2.75, 3.05) is 39.3 Å². The lowest BCUT2D eigenvalue weighted by Crippen LogP contribution is -2.49. The maximum absolute atomic E-state index is 12.4. The van der Waals surface area contributed by atoms with Gasteiger partial charge < -0.3 is 14.6 Å². The molecule has 0 atom stereocenters. The van der Waals surface area contributed by atoms with Gasteiger partial charge in [-0.2, -0.15) is 5.26 Å². The van der Waals surface area contributed by atoms with E-state index in [9.17, 15) is 4.79 Å². The van der Waals surface area contributed by atoms with Crippen LogP contribution in [0.4, 0.5) is 0 Å². The Balaban J connectivity index is 1.43. The van der Waals surface area contributed by atoms with Crippen molar-refractivity contribution in [2.45, 2.75) is 6.92 Å². The summed E-state index contributed by atoms with van der Waals surface area (Å²) in [5, 5.41) is 8.85. The highest BCUT2D eigenvalue weighted by Gasteiger charge is 2.23. The number of H-pyrrole nitrogens is 1. The Hall–Kier alpha value is -2.78. The molecule has 1 aromatic carbocycles. The van der Waals surface area contributed by atoms with Crippen LogP contribution in [-0.4, -0.2) is 60.0 Å². The maximum Gasteiger partial charge on any atom is 0.270 e. The molecule has 130 valence electrons. The van der Waals surface area contributed by atoms with E-state index in [-0.39, 0.29) is 5.91 Å². The average Bonchev–Trinajstić information content (AvgIpc) is 3.12. The summed E-state index contributed by atoms with van der Waals surface area (Å²) in [4.78, 5) is 19.4. The van der Waals surface area contributed by atoms with E-state index in [1.807, 2.05) is 42.2 Å². The van der Waals surface area contributed by atoms with Gasteiger partial charge in [-0.3, -0.25) is 9.69 Å². The van der Waals surface area contributed by atoms with Gasteiger partial charge in [0.05, 0.1) is 5.56 Å². The van der Waals surface area contributed by atoms with E-state index in [1.165, 1.54) is 0 Å². The summed E-state index contributed by atoms with van der Waals surface area (Å²) in [6.45, 7) is 6.55. The molecule has 1 aromatic heterocycles. The van der Waals surface area contributed by atoms with Crippen LogP contribution >= 0.6 is 0 Å². The van der Waals surface area contributed by atoms with Crippen molar-refractivity contribution in [3.8, 4) is 11.8 Å². The van der Waals surface area contributed by atoms with Crippen molar-refractivity contribution < 1.29 is 9.53 Å². The number of para-hydroxylation sites is 1. The number of aromatic nitrogens is 1. The number of carbonyl (C=O) groups is 1. The SMILES string of the molecule is Cc1ccccc1OCCN1CCN(C(=O)c2cc(C#N)c[nH]2)CC1. The van der Waals surface area contributed by atoms with Crippen LogP contribution in [0.15, 0.2) is 36.5 Å². The van der Waals surface area contributed by atoms with Crippen LogP contribution in [0.1, 0.15) is 21.6 Å². The number of nitriles is 1. The number of ether oxygens (including phenoxy) is 1. The Morgan fingerprint density at radius 1 is 1.28 bits per heavy atom. The fraction of sp³-hybridized carbons (Fsp3) is 0.368. The van der Waals surface area contributed by atoms with E-state index >= 15 is 0 Å². The molecule has 0 spiro atoms. The van der Waals surface area contributed by atoms with Crippen LogP contribution in [-0.2, 0) is 0 Å². The van der Waals surface area contributed by atoms with Crippen LogP contribution < -0.4 is 4.74 Å². The predicted octanol–water partition coefficient (Wildman–Crippen LogP) is 2.03. The third kappa shape index (κ3) is 4.20. The first-order valence-corrected chi connectivity index (χ1v) is 8.46. The first-order valence-electron chi connectivity index (χ1n) is 8.46. The lowest BCUT2D eigenvalue weighted by atomic mass is 10.2. The Morgan fingerprint density at radius 2 is 2.04 bits per heavy atom. The number of hydrogen-bond donors (Lipinski definition) is 1. The molecule has 1 aliphatic rings. The number of piperazine rings is 1. The zero-order chi connectivity index (χ0) is 17.6. The molecule has 0 bridgehead atoms. The molecular formula is C19H22N4O2. The summed E-state index contributed by atoms with van der Waals surface area (Å²) in [6.07, 6.45) is 1.56. The molecule has 1 amide bonds. The first-order chi connectivity index (χ1) is 12.2. The summed E-state index contributed by atoms with van der Waals surface area (Å²) < 4.78 is 5.84. The molecule has 6 heteroatoms. The molecule has 1 fully saturated rings.